The smallest absolute Gasteiger partial charge is 0.310 e. The normalized spacial score (nSPS) is 35.7. The summed E-state index contributed by atoms with van der Waals surface area (Å²) in [4.78, 5) is 24.5. The van der Waals surface area contributed by atoms with Crippen LogP contribution in [0.5, 0.6) is 5.75 Å². The monoisotopic (exact) mass is 287 g/mol. The highest BCUT2D eigenvalue weighted by molar-refractivity contribution is 5.97. The number of fused-ring (bicyclic) bond motifs is 1. The second-order valence-corrected chi connectivity index (χ2v) is 6.14. The first-order chi connectivity index (χ1) is 10.2. The first kappa shape index (κ1) is 12.7. The van der Waals surface area contributed by atoms with Crippen LogP contribution in [0.1, 0.15) is 12.8 Å². The molecule has 5 atom stereocenters. The molecule has 1 heterocycles. The predicted molar refractivity (Wildman–Crippen MR) is 74.7 cm³/mol. The Morgan fingerprint density at radius 3 is 3.05 bits per heavy atom. The summed E-state index contributed by atoms with van der Waals surface area (Å²) in [6.45, 7) is 0. The van der Waals surface area contributed by atoms with Crippen molar-refractivity contribution in [2.75, 3.05) is 12.4 Å². The SMILES string of the molecule is COc1cccc(NC(=O)[C@@H]2[C@@H]3C[C@H]4[C@@H]2C(=O)O[C@@H]4C3)c1. The molecule has 1 aromatic carbocycles. The van der Waals surface area contributed by atoms with Crippen LogP contribution in [0.15, 0.2) is 24.3 Å². The highest BCUT2D eigenvalue weighted by atomic mass is 16.6. The van der Waals surface area contributed by atoms with E-state index in [0.717, 1.165) is 12.8 Å². The van der Waals surface area contributed by atoms with Gasteiger partial charge in [0.15, 0.2) is 0 Å². The number of anilines is 1. The van der Waals surface area contributed by atoms with Crippen LogP contribution >= 0.6 is 0 Å². The second kappa shape index (κ2) is 4.48. The maximum absolute atomic E-state index is 12.6. The van der Waals surface area contributed by atoms with Gasteiger partial charge in [-0.25, -0.2) is 0 Å². The zero-order valence-electron chi connectivity index (χ0n) is 11.7. The first-order valence-corrected chi connectivity index (χ1v) is 7.33. The number of nitrogens with one attached hydrogen (secondary N) is 1. The highest BCUT2D eigenvalue weighted by Gasteiger charge is 2.63. The van der Waals surface area contributed by atoms with E-state index >= 15 is 0 Å². The lowest BCUT2D eigenvalue weighted by atomic mass is 9.79. The van der Waals surface area contributed by atoms with Crippen LogP contribution in [0.4, 0.5) is 5.69 Å². The zero-order valence-corrected chi connectivity index (χ0v) is 11.7. The molecule has 1 N–H and O–H groups in total. The average Bonchev–Trinajstić information content (AvgIpc) is 3.08. The molecule has 3 fully saturated rings. The van der Waals surface area contributed by atoms with Gasteiger partial charge in [0.25, 0.3) is 0 Å². The van der Waals surface area contributed by atoms with Gasteiger partial charge in [0.1, 0.15) is 11.9 Å². The van der Waals surface area contributed by atoms with Gasteiger partial charge in [-0.15, -0.1) is 0 Å². The predicted octanol–water partition coefficient (Wildman–Crippen LogP) is 1.83. The second-order valence-electron chi connectivity index (χ2n) is 6.14. The molecule has 2 aliphatic carbocycles. The molecule has 1 amide bonds. The number of amides is 1. The van der Waals surface area contributed by atoms with E-state index in [0.29, 0.717) is 11.4 Å². The number of carbonyl (C=O) groups is 2. The van der Waals surface area contributed by atoms with Crippen molar-refractivity contribution in [1.29, 1.82) is 0 Å². The first-order valence-electron chi connectivity index (χ1n) is 7.33. The molecule has 4 rings (SSSR count). The summed E-state index contributed by atoms with van der Waals surface area (Å²) in [5.41, 5.74) is 0.699. The van der Waals surface area contributed by atoms with Crippen molar-refractivity contribution in [3.8, 4) is 5.75 Å². The molecule has 1 saturated heterocycles. The lowest BCUT2D eigenvalue weighted by Gasteiger charge is -2.23. The molecule has 110 valence electrons. The van der Waals surface area contributed by atoms with E-state index in [1.54, 1.807) is 13.2 Å². The van der Waals surface area contributed by atoms with E-state index in [9.17, 15) is 9.59 Å². The lowest BCUT2D eigenvalue weighted by Crippen LogP contribution is -2.35. The molecular weight excluding hydrogens is 270 g/mol. The number of carbonyl (C=O) groups excluding carboxylic acids is 2. The molecule has 0 spiro atoms. The quantitative estimate of drug-likeness (QED) is 0.861. The maximum Gasteiger partial charge on any atom is 0.310 e. The van der Waals surface area contributed by atoms with Crippen LogP contribution in [-0.2, 0) is 14.3 Å². The van der Waals surface area contributed by atoms with Crippen molar-refractivity contribution in [1.82, 2.24) is 0 Å². The Labute approximate surface area is 122 Å². The van der Waals surface area contributed by atoms with Crippen molar-refractivity contribution in [2.45, 2.75) is 18.9 Å². The van der Waals surface area contributed by atoms with Gasteiger partial charge < -0.3 is 14.8 Å². The van der Waals surface area contributed by atoms with Gasteiger partial charge >= 0.3 is 5.97 Å². The largest absolute Gasteiger partial charge is 0.497 e. The number of esters is 1. The van der Waals surface area contributed by atoms with Crippen molar-refractivity contribution in [3.05, 3.63) is 24.3 Å². The highest BCUT2D eigenvalue weighted by Crippen LogP contribution is 2.57. The molecular formula is C16H17NO4. The minimum atomic E-state index is -0.243. The van der Waals surface area contributed by atoms with Gasteiger partial charge in [-0.1, -0.05) is 6.07 Å². The molecule has 2 bridgehead atoms. The summed E-state index contributed by atoms with van der Waals surface area (Å²) in [6, 6.07) is 7.26. The van der Waals surface area contributed by atoms with Gasteiger partial charge in [-0.3, -0.25) is 9.59 Å². The van der Waals surface area contributed by atoms with Crippen LogP contribution < -0.4 is 10.1 Å². The van der Waals surface area contributed by atoms with E-state index in [2.05, 4.69) is 5.32 Å². The van der Waals surface area contributed by atoms with E-state index in [1.165, 1.54) is 0 Å². The maximum atomic E-state index is 12.6. The fourth-order valence-electron chi connectivity index (χ4n) is 4.29. The van der Waals surface area contributed by atoms with Gasteiger partial charge in [-0.2, -0.15) is 0 Å². The lowest BCUT2D eigenvalue weighted by molar-refractivity contribution is -0.145. The summed E-state index contributed by atoms with van der Waals surface area (Å²) < 4.78 is 10.5. The fraction of sp³-hybridized carbons (Fsp3) is 0.500. The molecule has 5 heteroatoms. The fourth-order valence-corrected chi connectivity index (χ4v) is 4.29. The minimum absolute atomic E-state index is 0.0633. The van der Waals surface area contributed by atoms with E-state index < -0.39 is 0 Å². The third kappa shape index (κ3) is 1.83. The summed E-state index contributed by atoms with van der Waals surface area (Å²) in [5, 5.41) is 2.92. The summed E-state index contributed by atoms with van der Waals surface area (Å²) in [5.74, 6) is 0.493. The number of hydrogen-bond acceptors (Lipinski definition) is 4. The molecule has 1 aliphatic heterocycles. The van der Waals surface area contributed by atoms with Gasteiger partial charge in [-0.05, 0) is 30.9 Å². The molecule has 1 aromatic rings. The van der Waals surface area contributed by atoms with Crippen LogP contribution in [0.25, 0.3) is 0 Å². The molecule has 0 aromatic heterocycles. The summed E-state index contributed by atoms with van der Waals surface area (Å²) in [7, 11) is 1.59. The Hall–Kier alpha value is -2.04. The number of rotatable bonds is 3. The Morgan fingerprint density at radius 2 is 2.24 bits per heavy atom. The third-order valence-corrected chi connectivity index (χ3v) is 5.12. The van der Waals surface area contributed by atoms with Crippen molar-refractivity contribution < 1.29 is 19.1 Å². The van der Waals surface area contributed by atoms with E-state index in [-0.39, 0.29) is 41.7 Å². The summed E-state index contributed by atoms with van der Waals surface area (Å²) >= 11 is 0. The average molecular weight is 287 g/mol. The Morgan fingerprint density at radius 1 is 1.38 bits per heavy atom. The topological polar surface area (TPSA) is 64.6 Å². The third-order valence-electron chi connectivity index (χ3n) is 5.12. The van der Waals surface area contributed by atoms with Gasteiger partial charge in [0, 0.05) is 17.7 Å². The number of ether oxygens (including phenoxy) is 2. The van der Waals surface area contributed by atoms with Crippen molar-refractivity contribution >= 4 is 17.6 Å². The number of benzene rings is 1. The standard InChI is InChI=1S/C16H17NO4/c1-20-10-4-2-3-9(7-10)17-15(18)13-8-5-11-12(6-8)21-16(19)14(11)13/h2-4,7-8,11-14H,5-6H2,1H3,(H,17,18)/t8-,11-,12-,13-,14+/m1/s1. The minimum Gasteiger partial charge on any atom is -0.497 e. The van der Waals surface area contributed by atoms with Crippen LogP contribution in [0.3, 0.4) is 0 Å². The van der Waals surface area contributed by atoms with E-state index in [4.69, 9.17) is 9.47 Å². The Bertz CT molecular complexity index is 612. The number of hydrogen-bond donors (Lipinski definition) is 1. The molecule has 2 saturated carbocycles. The van der Waals surface area contributed by atoms with E-state index in [1.807, 2.05) is 18.2 Å². The van der Waals surface area contributed by atoms with Gasteiger partial charge in [0.2, 0.25) is 5.91 Å². The molecule has 21 heavy (non-hydrogen) atoms. The van der Waals surface area contributed by atoms with Crippen molar-refractivity contribution in [2.24, 2.45) is 23.7 Å². The molecule has 5 nitrogen and oxygen atoms in total. The molecule has 0 unspecified atom stereocenters. The molecule has 3 aliphatic rings. The van der Waals surface area contributed by atoms with Crippen LogP contribution in [0.2, 0.25) is 0 Å². The van der Waals surface area contributed by atoms with Crippen LogP contribution in [0, 0.1) is 23.7 Å². The zero-order chi connectivity index (χ0) is 14.6. The van der Waals surface area contributed by atoms with Crippen LogP contribution in [-0.4, -0.2) is 25.1 Å². The summed E-state index contributed by atoms with van der Waals surface area (Å²) in [6.07, 6.45) is 1.84. The van der Waals surface area contributed by atoms with Gasteiger partial charge in [0.05, 0.1) is 18.9 Å². The van der Waals surface area contributed by atoms with Crippen molar-refractivity contribution in [3.63, 3.8) is 0 Å². The Balaban J connectivity index is 1.54. The molecule has 0 radical (unpaired) electrons. The number of methoxy groups -OCH3 is 1. The Kier molecular flexibility index (Phi) is 2.71.